The summed E-state index contributed by atoms with van der Waals surface area (Å²) in [6.07, 6.45) is 0.305. The second kappa shape index (κ2) is 7.19. The summed E-state index contributed by atoms with van der Waals surface area (Å²) in [7, 11) is 0. The lowest BCUT2D eigenvalue weighted by molar-refractivity contribution is -0.130. The first-order valence-electron chi connectivity index (χ1n) is 9.38. The smallest absolute Gasteiger partial charge is 0.217 e. The van der Waals surface area contributed by atoms with E-state index in [0.29, 0.717) is 5.56 Å². The monoisotopic (exact) mass is 519 g/mol. The van der Waals surface area contributed by atoms with Gasteiger partial charge >= 0.3 is 0 Å². The van der Waals surface area contributed by atoms with Gasteiger partial charge in [-0.25, -0.2) is 0 Å². The van der Waals surface area contributed by atoms with Gasteiger partial charge in [-0.05, 0) is 12.8 Å². The number of phenolic OH excluding ortho intramolecular Hbond substituents is 2. The highest BCUT2D eigenvalue weighted by molar-refractivity contribution is 14.1. The first kappa shape index (κ1) is 20.5. The van der Waals surface area contributed by atoms with Crippen molar-refractivity contribution in [1.29, 1.82) is 0 Å². The van der Waals surface area contributed by atoms with Gasteiger partial charge in [0.15, 0.2) is 17.3 Å². The number of aromatic hydroxyl groups is 2. The Morgan fingerprint density at radius 1 is 1.03 bits per heavy atom. The maximum atomic E-state index is 13.1. The van der Waals surface area contributed by atoms with E-state index in [-0.39, 0.29) is 63.0 Å². The van der Waals surface area contributed by atoms with Crippen molar-refractivity contribution in [2.24, 2.45) is 0 Å². The molecule has 1 amide bonds. The van der Waals surface area contributed by atoms with Crippen molar-refractivity contribution >= 4 is 45.8 Å². The van der Waals surface area contributed by atoms with E-state index in [2.05, 4.69) is 5.32 Å². The number of alkyl halides is 1. The molecule has 7 nitrogen and oxygen atoms in total. The second-order valence-corrected chi connectivity index (χ2v) is 8.37. The van der Waals surface area contributed by atoms with Gasteiger partial charge in [0, 0.05) is 35.6 Å². The zero-order chi connectivity index (χ0) is 21.8. The number of halogens is 1. The van der Waals surface area contributed by atoms with Crippen molar-refractivity contribution in [3.63, 3.8) is 0 Å². The minimum atomic E-state index is -1.24. The van der Waals surface area contributed by atoms with Crippen LogP contribution in [0.1, 0.15) is 56.3 Å². The highest BCUT2D eigenvalue weighted by Gasteiger charge is 2.46. The third-order valence-corrected chi connectivity index (χ3v) is 6.57. The van der Waals surface area contributed by atoms with Crippen molar-refractivity contribution in [2.75, 3.05) is 4.43 Å². The Kier molecular flexibility index (Phi) is 4.92. The molecule has 2 aliphatic carbocycles. The van der Waals surface area contributed by atoms with Crippen LogP contribution in [0.4, 0.5) is 0 Å². The van der Waals surface area contributed by atoms with Crippen LogP contribution in [0.2, 0.25) is 0 Å². The Morgan fingerprint density at radius 3 is 2.07 bits per heavy atom. The fourth-order valence-corrected chi connectivity index (χ4v) is 5.21. The minimum absolute atomic E-state index is 0.0699. The topological polar surface area (TPSA) is 121 Å². The van der Waals surface area contributed by atoms with E-state index in [4.69, 9.17) is 0 Å². The molecule has 1 unspecified atom stereocenters. The van der Waals surface area contributed by atoms with Crippen molar-refractivity contribution in [1.82, 2.24) is 5.32 Å². The summed E-state index contributed by atoms with van der Waals surface area (Å²) in [5.41, 5.74) is -0.834. The average Bonchev–Trinajstić information content (AvgIpc) is 2.73. The van der Waals surface area contributed by atoms with E-state index in [1.807, 2.05) is 22.6 Å². The number of ketones is 3. The van der Waals surface area contributed by atoms with Gasteiger partial charge in [0.1, 0.15) is 17.0 Å². The van der Waals surface area contributed by atoms with Crippen LogP contribution < -0.4 is 5.32 Å². The molecule has 0 aromatic heterocycles. The van der Waals surface area contributed by atoms with Gasteiger partial charge in [-0.3, -0.25) is 19.2 Å². The number of carbonyl (C=O) groups is 4. The largest absolute Gasteiger partial charge is 0.507 e. The number of phenols is 2. The summed E-state index contributed by atoms with van der Waals surface area (Å²) in [5, 5.41) is 24.6. The number of rotatable bonds is 3. The van der Waals surface area contributed by atoms with E-state index in [1.54, 1.807) is 12.1 Å². The van der Waals surface area contributed by atoms with Gasteiger partial charge in [-0.15, -0.1) is 0 Å². The minimum Gasteiger partial charge on any atom is -0.507 e. The molecule has 2 aromatic rings. The van der Waals surface area contributed by atoms with Crippen molar-refractivity contribution in [2.45, 2.75) is 31.7 Å². The molecule has 4 rings (SSSR count). The number of carbonyl (C=O) groups excluding carboxylic acids is 4. The SMILES string of the molecule is CC(=O)NC1(C(=O)CI)CCc2c(O)c3c(c(O)c2C1)C(=O)c1ccccc1C3=O. The molecule has 30 heavy (non-hydrogen) atoms. The van der Waals surface area contributed by atoms with E-state index in [0.717, 1.165) is 0 Å². The van der Waals surface area contributed by atoms with Gasteiger partial charge < -0.3 is 15.5 Å². The molecule has 3 N–H and O–H groups in total. The van der Waals surface area contributed by atoms with Gasteiger partial charge in [0.25, 0.3) is 0 Å². The number of nitrogens with one attached hydrogen (secondary N) is 1. The van der Waals surface area contributed by atoms with Gasteiger partial charge in [-0.1, -0.05) is 46.9 Å². The van der Waals surface area contributed by atoms with Gasteiger partial charge in [0.2, 0.25) is 5.91 Å². The highest BCUT2D eigenvalue weighted by atomic mass is 127. The summed E-state index contributed by atoms with van der Waals surface area (Å²) < 4.78 is 0.149. The molecule has 1 atom stereocenters. The molecular weight excluding hydrogens is 501 g/mol. The maximum Gasteiger partial charge on any atom is 0.217 e. The Morgan fingerprint density at radius 2 is 1.57 bits per heavy atom. The van der Waals surface area contributed by atoms with Crippen molar-refractivity contribution < 1.29 is 29.4 Å². The second-order valence-electron chi connectivity index (χ2n) is 7.61. The molecule has 0 heterocycles. The maximum absolute atomic E-state index is 13.1. The molecule has 0 bridgehead atoms. The molecule has 0 saturated heterocycles. The van der Waals surface area contributed by atoms with E-state index in [1.165, 1.54) is 19.1 Å². The lowest BCUT2D eigenvalue weighted by Gasteiger charge is -2.38. The molecule has 0 radical (unpaired) electrons. The number of amides is 1. The Bertz CT molecular complexity index is 1150. The number of fused-ring (bicyclic) bond motifs is 3. The molecular formula is C22H18INO6. The summed E-state index contributed by atoms with van der Waals surface area (Å²) in [5.74, 6) is -2.46. The molecule has 0 saturated carbocycles. The number of Topliss-reactive ketones (excluding diaryl/α,β-unsaturated/α-hetero) is 1. The molecule has 2 aliphatic rings. The van der Waals surface area contributed by atoms with Crippen LogP contribution >= 0.6 is 22.6 Å². The van der Waals surface area contributed by atoms with Crippen LogP contribution in [-0.4, -0.2) is 43.4 Å². The lowest BCUT2D eigenvalue weighted by Crippen LogP contribution is -2.57. The van der Waals surface area contributed by atoms with E-state index in [9.17, 15) is 29.4 Å². The van der Waals surface area contributed by atoms with Crippen molar-refractivity contribution in [3.8, 4) is 11.5 Å². The summed E-state index contributed by atoms with van der Waals surface area (Å²) in [4.78, 5) is 50.6. The first-order valence-corrected chi connectivity index (χ1v) is 10.9. The summed E-state index contributed by atoms with van der Waals surface area (Å²) in [6.45, 7) is 1.31. The van der Waals surface area contributed by atoms with Crippen molar-refractivity contribution in [3.05, 3.63) is 57.6 Å². The molecule has 0 spiro atoms. The van der Waals surface area contributed by atoms with Crippen LogP contribution in [0.3, 0.4) is 0 Å². The fourth-order valence-electron chi connectivity index (χ4n) is 4.48. The molecule has 154 valence electrons. The normalized spacial score (nSPS) is 19.5. The summed E-state index contributed by atoms with van der Waals surface area (Å²) in [6, 6.07) is 6.25. The lowest BCUT2D eigenvalue weighted by atomic mass is 9.71. The predicted octanol–water partition coefficient (Wildman–Crippen LogP) is 2.24. The Hall–Kier alpha value is -2.75. The van der Waals surface area contributed by atoms with Crippen LogP contribution in [0, 0.1) is 0 Å². The molecule has 8 heteroatoms. The standard InChI is InChI=1S/C22H18INO6/c1-10(25)24-22(15(26)9-23)7-6-13-14(8-22)21(30)17-16(20(13)29)18(27)11-4-2-3-5-12(11)19(17)28/h2-5,29-30H,6-9H2,1H3,(H,24,25). The Labute approximate surface area is 185 Å². The predicted molar refractivity (Wildman–Crippen MR) is 116 cm³/mol. The average molecular weight is 519 g/mol. The highest BCUT2D eigenvalue weighted by Crippen LogP contribution is 2.47. The molecule has 0 fully saturated rings. The van der Waals surface area contributed by atoms with E-state index >= 15 is 0 Å². The molecule has 0 aliphatic heterocycles. The van der Waals surface area contributed by atoms with Crippen LogP contribution in [0.25, 0.3) is 0 Å². The van der Waals surface area contributed by atoms with Gasteiger partial charge in [-0.2, -0.15) is 0 Å². The number of hydrogen-bond acceptors (Lipinski definition) is 6. The zero-order valence-corrected chi connectivity index (χ0v) is 18.2. The number of hydrogen-bond donors (Lipinski definition) is 3. The van der Waals surface area contributed by atoms with Gasteiger partial charge in [0.05, 0.1) is 15.6 Å². The Balaban J connectivity index is 1.94. The zero-order valence-electron chi connectivity index (χ0n) is 16.0. The quantitative estimate of drug-likeness (QED) is 0.278. The van der Waals surface area contributed by atoms with E-state index < -0.39 is 28.8 Å². The first-order chi connectivity index (χ1) is 14.2. The van der Waals surface area contributed by atoms with Crippen LogP contribution in [-0.2, 0) is 22.4 Å². The van der Waals surface area contributed by atoms with Crippen LogP contribution in [0.5, 0.6) is 11.5 Å². The summed E-state index contributed by atoms with van der Waals surface area (Å²) >= 11 is 1.92. The number of benzene rings is 2. The third kappa shape index (κ3) is 2.84. The molecule has 2 aromatic carbocycles. The fraction of sp³-hybridized carbons (Fsp3) is 0.273. The third-order valence-electron chi connectivity index (χ3n) is 5.88. The van der Waals surface area contributed by atoms with Crippen LogP contribution in [0.15, 0.2) is 24.3 Å².